The highest BCUT2D eigenvalue weighted by molar-refractivity contribution is 7.92. The minimum absolute atomic E-state index is 0.0123. The van der Waals surface area contributed by atoms with Gasteiger partial charge in [-0.3, -0.25) is 4.72 Å². The second-order valence-corrected chi connectivity index (χ2v) is 6.56. The Morgan fingerprint density at radius 2 is 1.96 bits per heavy atom. The molecule has 0 amide bonds. The van der Waals surface area contributed by atoms with Gasteiger partial charge in [0.2, 0.25) is 10.0 Å². The Bertz CT molecular complexity index is 870. The normalized spacial score (nSPS) is 10.6. The number of nitriles is 1. The van der Waals surface area contributed by atoms with Crippen molar-refractivity contribution < 1.29 is 17.9 Å². The first-order chi connectivity index (χ1) is 10.9. The number of nitrogens with zero attached hydrogens (tertiary/aromatic N) is 1. The van der Waals surface area contributed by atoms with Crippen LogP contribution in [0, 0.1) is 11.3 Å². The largest absolute Gasteiger partial charge is 0.457 e. The second-order valence-electron chi connectivity index (χ2n) is 4.81. The summed E-state index contributed by atoms with van der Waals surface area (Å²) in [5.74, 6) is -0.654. The number of hydrogen-bond donors (Lipinski definition) is 1. The number of ether oxygens (including phenoxy) is 1. The van der Waals surface area contributed by atoms with E-state index in [1.807, 2.05) is 6.07 Å². The molecule has 0 radical (unpaired) electrons. The van der Waals surface area contributed by atoms with Crippen LogP contribution in [0.15, 0.2) is 48.5 Å². The molecule has 6 nitrogen and oxygen atoms in total. The van der Waals surface area contributed by atoms with E-state index >= 15 is 0 Å². The fraction of sp³-hybridized carbons (Fsp3) is 0.125. The molecule has 0 fully saturated rings. The fourth-order valence-corrected chi connectivity index (χ4v) is 2.48. The molecule has 0 saturated carbocycles. The molecule has 2 rings (SSSR count). The molecule has 0 heterocycles. The Labute approximate surface area is 134 Å². The Morgan fingerprint density at radius 1 is 1.22 bits per heavy atom. The average molecular weight is 330 g/mol. The quantitative estimate of drug-likeness (QED) is 0.848. The molecule has 0 aliphatic heterocycles. The van der Waals surface area contributed by atoms with Gasteiger partial charge in [-0.25, -0.2) is 13.2 Å². The number of nitrogens with one attached hydrogen (secondary N) is 1. The third kappa shape index (κ3) is 4.83. The number of anilines is 1. The van der Waals surface area contributed by atoms with Crippen molar-refractivity contribution in [1.29, 1.82) is 5.26 Å². The highest BCUT2D eigenvalue weighted by Gasteiger charge is 2.15. The average Bonchev–Trinajstić information content (AvgIpc) is 2.52. The van der Waals surface area contributed by atoms with Gasteiger partial charge in [0.05, 0.1) is 29.1 Å². The molecule has 0 atom stereocenters. The van der Waals surface area contributed by atoms with Crippen molar-refractivity contribution in [2.45, 2.75) is 6.61 Å². The zero-order chi connectivity index (χ0) is 16.9. The number of sulfonamides is 1. The van der Waals surface area contributed by atoms with E-state index in [1.165, 1.54) is 12.1 Å². The molecule has 0 saturated heterocycles. The van der Waals surface area contributed by atoms with Crippen LogP contribution in [-0.2, 0) is 21.4 Å². The van der Waals surface area contributed by atoms with Crippen LogP contribution in [0.5, 0.6) is 0 Å². The molecule has 0 aliphatic carbocycles. The smallest absolute Gasteiger partial charge is 0.340 e. The highest BCUT2D eigenvalue weighted by Crippen LogP contribution is 2.18. The van der Waals surface area contributed by atoms with Crippen LogP contribution in [0.1, 0.15) is 21.5 Å². The van der Waals surface area contributed by atoms with Crippen molar-refractivity contribution in [3.05, 3.63) is 65.2 Å². The number of esters is 1. The van der Waals surface area contributed by atoms with Crippen LogP contribution in [0.25, 0.3) is 0 Å². The van der Waals surface area contributed by atoms with Crippen LogP contribution >= 0.6 is 0 Å². The molecule has 118 valence electrons. The third-order valence-corrected chi connectivity index (χ3v) is 3.46. The maximum atomic E-state index is 12.2. The summed E-state index contributed by atoms with van der Waals surface area (Å²) in [6.07, 6.45) is 1.00. The van der Waals surface area contributed by atoms with Gasteiger partial charge in [0.15, 0.2) is 0 Å². The highest BCUT2D eigenvalue weighted by atomic mass is 32.2. The van der Waals surface area contributed by atoms with Gasteiger partial charge < -0.3 is 4.74 Å². The zero-order valence-corrected chi connectivity index (χ0v) is 13.1. The van der Waals surface area contributed by atoms with Gasteiger partial charge in [-0.15, -0.1) is 0 Å². The SMILES string of the molecule is CS(=O)(=O)Nc1ccccc1C(=O)OCc1cccc(C#N)c1. The van der Waals surface area contributed by atoms with Crippen molar-refractivity contribution in [2.75, 3.05) is 11.0 Å². The molecule has 2 aromatic carbocycles. The number of hydrogen-bond acceptors (Lipinski definition) is 5. The minimum Gasteiger partial charge on any atom is -0.457 e. The Morgan fingerprint density at radius 3 is 2.65 bits per heavy atom. The van der Waals surface area contributed by atoms with E-state index in [0.717, 1.165) is 6.26 Å². The Hall–Kier alpha value is -2.85. The van der Waals surface area contributed by atoms with Gasteiger partial charge in [0.25, 0.3) is 0 Å². The summed E-state index contributed by atoms with van der Waals surface area (Å²) < 4.78 is 30.1. The molecule has 2 aromatic rings. The maximum Gasteiger partial charge on any atom is 0.340 e. The summed E-state index contributed by atoms with van der Waals surface area (Å²) in [6.45, 7) is -0.0123. The van der Waals surface area contributed by atoms with E-state index < -0.39 is 16.0 Å². The second kappa shape index (κ2) is 6.94. The van der Waals surface area contributed by atoms with Crippen molar-refractivity contribution >= 4 is 21.7 Å². The van der Waals surface area contributed by atoms with Gasteiger partial charge >= 0.3 is 5.97 Å². The van der Waals surface area contributed by atoms with Gasteiger partial charge in [0.1, 0.15) is 6.61 Å². The molecule has 0 spiro atoms. The molecule has 7 heteroatoms. The number of benzene rings is 2. The van der Waals surface area contributed by atoms with Gasteiger partial charge in [-0.1, -0.05) is 24.3 Å². The first-order valence-electron chi connectivity index (χ1n) is 6.62. The summed E-state index contributed by atoms with van der Waals surface area (Å²) in [5, 5.41) is 8.84. The molecule has 0 unspecified atom stereocenters. The monoisotopic (exact) mass is 330 g/mol. The minimum atomic E-state index is -3.50. The predicted octanol–water partition coefficient (Wildman–Crippen LogP) is 2.29. The fourth-order valence-electron chi connectivity index (χ4n) is 1.91. The molecule has 23 heavy (non-hydrogen) atoms. The van der Waals surface area contributed by atoms with Crippen molar-refractivity contribution in [1.82, 2.24) is 0 Å². The van der Waals surface area contributed by atoms with Crippen LogP contribution < -0.4 is 4.72 Å². The standard InChI is InChI=1S/C16H14N2O4S/c1-23(20,21)18-15-8-3-2-7-14(15)16(19)22-11-13-6-4-5-12(9-13)10-17/h2-9,18H,11H2,1H3. The van der Waals surface area contributed by atoms with E-state index in [-0.39, 0.29) is 17.9 Å². The summed E-state index contributed by atoms with van der Waals surface area (Å²) in [4.78, 5) is 12.2. The van der Waals surface area contributed by atoms with E-state index in [0.29, 0.717) is 11.1 Å². The van der Waals surface area contributed by atoms with Crippen LogP contribution in [0.3, 0.4) is 0 Å². The van der Waals surface area contributed by atoms with Crippen molar-refractivity contribution in [2.24, 2.45) is 0 Å². The number of rotatable bonds is 5. The topological polar surface area (TPSA) is 96.3 Å². The first kappa shape index (κ1) is 16.5. The molecular formula is C16H14N2O4S. The Kier molecular flexibility index (Phi) is 4.98. The molecular weight excluding hydrogens is 316 g/mol. The zero-order valence-electron chi connectivity index (χ0n) is 12.3. The van der Waals surface area contributed by atoms with E-state index in [2.05, 4.69) is 4.72 Å². The summed E-state index contributed by atoms with van der Waals surface area (Å²) in [7, 11) is -3.50. The number of para-hydroxylation sites is 1. The lowest BCUT2D eigenvalue weighted by Gasteiger charge is -2.10. The van der Waals surface area contributed by atoms with Crippen LogP contribution in [0.4, 0.5) is 5.69 Å². The molecule has 0 aliphatic rings. The number of carbonyl (C=O) groups excluding carboxylic acids is 1. The first-order valence-corrected chi connectivity index (χ1v) is 8.51. The summed E-state index contributed by atoms with van der Waals surface area (Å²) in [5.41, 5.74) is 1.42. The maximum absolute atomic E-state index is 12.2. The summed E-state index contributed by atoms with van der Waals surface area (Å²) in [6, 6.07) is 14.9. The van der Waals surface area contributed by atoms with Crippen molar-refractivity contribution in [3.63, 3.8) is 0 Å². The molecule has 1 N–H and O–H groups in total. The molecule has 0 aromatic heterocycles. The lowest BCUT2D eigenvalue weighted by molar-refractivity contribution is 0.0474. The van der Waals surface area contributed by atoms with Crippen molar-refractivity contribution in [3.8, 4) is 6.07 Å². The van der Waals surface area contributed by atoms with Gasteiger partial charge in [-0.05, 0) is 29.8 Å². The van der Waals surface area contributed by atoms with E-state index in [1.54, 1.807) is 36.4 Å². The third-order valence-electron chi connectivity index (χ3n) is 2.87. The van der Waals surface area contributed by atoms with Gasteiger partial charge in [0, 0.05) is 0 Å². The van der Waals surface area contributed by atoms with E-state index in [9.17, 15) is 13.2 Å². The summed E-state index contributed by atoms with van der Waals surface area (Å²) >= 11 is 0. The lowest BCUT2D eigenvalue weighted by atomic mass is 10.1. The van der Waals surface area contributed by atoms with Crippen LogP contribution in [-0.4, -0.2) is 20.6 Å². The predicted molar refractivity (Wildman–Crippen MR) is 85.2 cm³/mol. The molecule has 0 bridgehead atoms. The Balaban J connectivity index is 2.13. The van der Waals surface area contributed by atoms with Gasteiger partial charge in [-0.2, -0.15) is 5.26 Å². The number of carbonyl (C=O) groups is 1. The van der Waals surface area contributed by atoms with Crippen LogP contribution in [0.2, 0.25) is 0 Å². The van der Waals surface area contributed by atoms with E-state index in [4.69, 9.17) is 10.00 Å². The lowest BCUT2D eigenvalue weighted by Crippen LogP contribution is -2.14.